The van der Waals surface area contributed by atoms with Crippen LogP contribution < -0.4 is 10.6 Å². The van der Waals surface area contributed by atoms with Crippen LogP contribution in [0, 0.1) is 5.92 Å². The summed E-state index contributed by atoms with van der Waals surface area (Å²) < 4.78 is 0. The third-order valence-corrected chi connectivity index (χ3v) is 5.79. The highest BCUT2D eigenvalue weighted by molar-refractivity contribution is 7.15. The van der Waals surface area contributed by atoms with Crippen LogP contribution >= 0.6 is 11.3 Å². The maximum atomic E-state index is 12.5. The second kappa shape index (κ2) is 7.07. The molecule has 7 heteroatoms. The number of aromatic nitrogens is 3. The number of hydrogen-bond donors (Lipinski definition) is 3. The van der Waals surface area contributed by atoms with E-state index >= 15 is 0 Å². The van der Waals surface area contributed by atoms with Crippen molar-refractivity contribution in [2.45, 2.75) is 45.6 Å². The predicted molar refractivity (Wildman–Crippen MR) is 105 cm³/mol. The lowest BCUT2D eigenvalue weighted by Crippen LogP contribution is -2.35. The number of fused-ring (bicyclic) bond motifs is 2. The van der Waals surface area contributed by atoms with E-state index in [1.165, 1.54) is 17.7 Å². The van der Waals surface area contributed by atoms with Gasteiger partial charge in [-0.15, -0.1) is 11.3 Å². The molecule has 2 aromatic heterocycles. The molecule has 1 aliphatic rings. The van der Waals surface area contributed by atoms with Gasteiger partial charge < -0.3 is 10.3 Å². The molecule has 0 bridgehead atoms. The van der Waals surface area contributed by atoms with Crippen LogP contribution in [0.2, 0.25) is 0 Å². The topological polar surface area (TPSA) is 82.7 Å². The van der Waals surface area contributed by atoms with E-state index in [4.69, 9.17) is 0 Å². The van der Waals surface area contributed by atoms with Crippen LogP contribution in [0.5, 0.6) is 0 Å². The van der Waals surface area contributed by atoms with Crippen LogP contribution in [-0.2, 0) is 12.8 Å². The molecule has 2 heterocycles. The Bertz CT molecular complexity index is 873. The monoisotopic (exact) mass is 369 g/mol. The average Bonchev–Trinajstić information content (AvgIpc) is 3.22. The van der Waals surface area contributed by atoms with E-state index in [1.807, 2.05) is 24.3 Å². The number of H-pyrrole nitrogens is 1. The van der Waals surface area contributed by atoms with Gasteiger partial charge in [-0.05, 0) is 43.7 Å². The van der Waals surface area contributed by atoms with Crippen molar-refractivity contribution in [2.75, 3.05) is 5.32 Å². The zero-order valence-electron chi connectivity index (χ0n) is 15.0. The van der Waals surface area contributed by atoms with E-state index < -0.39 is 0 Å². The lowest BCUT2D eigenvalue weighted by atomic mass is 10.0. The number of aromatic amines is 1. The Morgan fingerprint density at radius 2 is 2.00 bits per heavy atom. The van der Waals surface area contributed by atoms with Gasteiger partial charge in [-0.25, -0.2) is 14.8 Å². The Labute approximate surface area is 156 Å². The van der Waals surface area contributed by atoms with Gasteiger partial charge >= 0.3 is 6.03 Å². The molecule has 0 saturated carbocycles. The maximum absolute atomic E-state index is 12.5. The lowest BCUT2D eigenvalue weighted by molar-refractivity contribution is 0.244. The van der Waals surface area contributed by atoms with Gasteiger partial charge in [0.2, 0.25) is 0 Å². The first-order chi connectivity index (χ1) is 12.6. The van der Waals surface area contributed by atoms with Crippen LogP contribution in [0.1, 0.15) is 49.1 Å². The lowest BCUT2D eigenvalue weighted by Gasteiger charge is -2.20. The molecule has 4 rings (SSSR count). The van der Waals surface area contributed by atoms with Gasteiger partial charge in [-0.1, -0.05) is 26.0 Å². The summed E-state index contributed by atoms with van der Waals surface area (Å²) in [6, 6.07) is 7.45. The minimum Gasteiger partial charge on any atom is -0.340 e. The van der Waals surface area contributed by atoms with Crippen LogP contribution in [-0.4, -0.2) is 21.0 Å². The standard InChI is InChI=1S/C19H23N5OS/c1-11(2)16(17-20-12-7-3-4-8-13(12)21-17)23-18(25)24-19-22-14-9-5-6-10-15(14)26-19/h3-4,7-8,11,16H,5-6,9-10H2,1-2H3,(H,20,21)(H2,22,23,24,25). The van der Waals surface area contributed by atoms with Gasteiger partial charge in [0.1, 0.15) is 5.82 Å². The minimum atomic E-state index is -0.241. The highest BCUT2D eigenvalue weighted by atomic mass is 32.1. The van der Waals surface area contributed by atoms with E-state index in [9.17, 15) is 4.79 Å². The molecule has 1 atom stereocenters. The highest BCUT2D eigenvalue weighted by Gasteiger charge is 2.23. The number of thiazole rings is 1. The first-order valence-electron chi connectivity index (χ1n) is 9.11. The number of aryl methyl sites for hydroxylation is 2. The van der Waals surface area contributed by atoms with Crippen molar-refractivity contribution in [3.8, 4) is 0 Å². The quantitative estimate of drug-likeness (QED) is 0.637. The number of carbonyl (C=O) groups is 1. The van der Waals surface area contributed by atoms with Gasteiger partial charge in [0.15, 0.2) is 5.13 Å². The SMILES string of the molecule is CC(C)C(NC(=O)Nc1nc2c(s1)CCCC2)c1nc2ccccc2[nH]1. The maximum Gasteiger partial charge on any atom is 0.321 e. The number of para-hydroxylation sites is 2. The van der Waals surface area contributed by atoms with E-state index in [2.05, 4.69) is 39.4 Å². The number of rotatable bonds is 4. The normalized spacial score (nSPS) is 15.0. The van der Waals surface area contributed by atoms with Crippen molar-refractivity contribution >= 4 is 33.5 Å². The van der Waals surface area contributed by atoms with Gasteiger partial charge in [0.05, 0.1) is 22.8 Å². The van der Waals surface area contributed by atoms with Crippen molar-refractivity contribution in [2.24, 2.45) is 5.92 Å². The number of imidazole rings is 1. The van der Waals surface area contributed by atoms with Crippen molar-refractivity contribution in [3.05, 3.63) is 40.7 Å². The van der Waals surface area contributed by atoms with E-state index in [1.54, 1.807) is 11.3 Å². The molecule has 3 aromatic rings. The number of nitrogens with one attached hydrogen (secondary N) is 3. The molecule has 136 valence electrons. The summed E-state index contributed by atoms with van der Waals surface area (Å²) in [5.41, 5.74) is 3.03. The van der Waals surface area contributed by atoms with Gasteiger partial charge in [0, 0.05) is 4.88 Å². The van der Waals surface area contributed by atoms with Crippen LogP contribution in [0.3, 0.4) is 0 Å². The molecule has 1 unspecified atom stereocenters. The van der Waals surface area contributed by atoms with Crippen LogP contribution in [0.15, 0.2) is 24.3 Å². The van der Waals surface area contributed by atoms with E-state index in [0.29, 0.717) is 5.13 Å². The molecular formula is C19H23N5OS. The summed E-state index contributed by atoms with van der Waals surface area (Å²) in [5, 5.41) is 6.63. The van der Waals surface area contributed by atoms with E-state index in [0.717, 1.165) is 35.4 Å². The molecule has 1 aromatic carbocycles. The number of anilines is 1. The number of hydrogen-bond acceptors (Lipinski definition) is 4. The largest absolute Gasteiger partial charge is 0.340 e. The smallest absolute Gasteiger partial charge is 0.321 e. The number of benzene rings is 1. The molecule has 26 heavy (non-hydrogen) atoms. The number of amides is 2. The number of nitrogens with zero attached hydrogens (tertiary/aromatic N) is 2. The van der Waals surface area contributed by atoms with Crippen LogP contribution in [0.25, 0.3) is 11.0 Å². The van der Waals surface area contributed by atoms with Crippen molar-refractivity contribution in [1.29, 1.82) is 0 Å². The van der Waals surface area contributed by atoms with Crippen molar-refractivity contribution in [3.63, 3.8) is 0 Å². The summed E-state index contributed by atoms with van der Waals surface area (Å²) >= 11 is 1.59. The molecular weight excluding hydrogens is 346 g/mol. The Morgan fingerprint density at radius 3 is 2.77 bits per heavy atom. The molecule has 0 spiro atoms. The molecule has 0 fully saturated rings. The fraction of sp³-hybridized carbons (Fsp3) is 0.421. The first kappa shape index (κ1) is 17.0. The van der Waals surface area contributed by atoms with E-state index in [-0.39, 0.29) is 18.0 Å². The Balaban J connectivity index is 1.49. The van der Waals surface area contributed by atoms with Crippen LogP contribution in [0.4, 0.5) is 9.93 Å². The summed E-state index contributed by atoms with van der Waals surface area (Å²) in [6.07, 6.45) is 4.48. The molecule has 6 nitrogen and oxygen atoms in total. The zero-order valence-corrected chi connectivity index (χ0v) is 15.8. The van der Waals surface area contributed by atoms with Gasteiger partial charge in [0.25, 0.3) is 0 Å². The third-order valence-electron chi connectivity index (χ3n) is 4.72. The molecule has 0 saturated heterocycles. The minimum absolute atomic E-state index is 0.197. The summed E-state index contributed by atoms with van der Waals surface area (Å²) in [5.74, 6) is 0.973. The van der Waals surface area contributed by atoms with Crippen molar-refractivity contribution < 1.29 is 4.79 Å². The van der Waals surface area contributed by atoms with Gasteiger partial charge in [-0.2, -0.15) is 0 Å². The summed E-state index contributed by atoms with van der Waals surface area (Å²) in [6.45, 7) is 4.14. The van der Waals surface area contributed by atoms with Crippen molar-refractivity contribution in [1.82, 2.24) is 20.3 Å². The second-order valence-electron chi connectivity index (χ2n) is 7.06. The Morgan fingerprint density at radius 1 is 1.19 bits per heavy atom. The molecule has 3 N–H and O–H groups in total. The predicted octanol–water partition coefficient (Wildman–Crippen LogP) is 4.42. The molecule has 0 aliphatic heterocycles. The number of carbonyl (C=O) groups excluding carboxylic acids is 1. The average molecular weight is 369 g/mol. The molecule has 1 aliphatic carbocycles. The fourth-order valence-electron chi connectivity index (χ4n) is 3.35. The second-order valence-corrected chi connectivity index (χ2v) is 8.14. The number of urea groups is 1. The Hall–Kier alpha value is -2.41. The fourth-order valence-corrected chi connectivity index (χ4v) is 4.40. The highest BCUT2D eigenvalue weighted by Crippen LogP contribution is 2.29. The zero-order chi connectivity index (χ0) is 18.1. The van der Waals surface area contributed by atoms with Gasteiger partial charge in [-0.3, -0.25) is 5.32 Å². The third kappa shape index (κ3) is 3.44. The summed E-state index contributed by atoms with van der Waals surface area (Å²) in [4.78, 5) is 26.4. The molecule has 2 amide bonds. The summed E-state index contributed by atoms with van der Waals surface area (Å²) in [7, 11) is 0. The first-order valence-corrected chi connectivity index (χ1v) is 9.92. The Kier molecular flexibility index (Phi) is 4.63. The molecule has 0 radical (unpaired) electrons.